The molecule has 0 aliphatic carbocycles. The number of aryl methyl sites for hydroxylation is 2. The van der Waals surface area contributed by atoms with Crippen molar-refractivity contribution < 1.29 is 14.3 Å². The largest absolute Gasteiger partial charge is 0.379 e. The molecular formula is C16H22N4O3S. The fraction of sp³-hybridized carbons (Fsp3) is 0.562. The van der Waals surface area contributed by atoms with Gasteiger partial charge < -0.3 is 14.8 Å². The zero-order valence-electron chi connectivity index (χ0n) is 13.7. The molecule has 2 atom stereocenters. The Balaban J connectivity index is 1.47. The third-order valence-corrected chi connectivity index (χ3v) is 4.69. The normalized spacial score (nSPS) is 20.9. The van der Waals surface area contributed by atoms with Crippen molar-refractivity contribution in [1.82, 2.24) is 20.1 Å². The van der Waals surface area contributed by atoms with Crippen LogP contribution in [0.1, 0.15) is 24.2 Å². The van der Waals surface area contributed by atoms with Crippen molar-refractivity contribution in [2.24, 2.45) is 0 Å². The molecule has 24 heavy (non-hydrogen) atoms. The van der Waals surface area contributed by atoms with Crippen LogP contribution in [-0.4, -0.2) is 46.0 Å². The number of thiazole rings is 1. The lowest BCUT2D eigenvalue weighted by Crippen LogP contribution is -2.50. The fourth-order valence-corrected chi connectivity index (χ4v) is 3.20. The zero-order chi connectivity index (χ0) is 16.8. The molecule has 0 radical (unpaired) electrons. The van der Waals surface area contributed by atoms with Gasteiger partial charge in [0, 0.05) is 36.8 Å². The first-order chi connectivity index (χ1) is 11.7. The maximum Gasteiger partial charge on any atom is 0.222 e. The minimum Gasteiger partial charge on any atom is -0.379 e. The number of rotatable bonds is 7. The highest BCUT2D eigenvalue weighted by atomic mass is 32.1. The first-order valence-corrected chi connectivity index (χ1v) is 9.01. The van der Waals surface area contributed by atoms with Gasteiger partial charge in [-0.15, -0.1) is 11.3 Å². The molecule has 1 aliphatic heterocycles. The van der Waals surface area contributed by atoms with Crippen molar-refractivity contribution in [3.05, 3.63) is 34.5 Å². The topological polar surface area (TPSA) is 78.3 Å². The third-order valence-electron chi connectivity index (χ3n) is 4.06. The van der Waals surface area contributed by atoms with Crippen LogP contribution < -0.4 is 5.32 Å². The van der Waals surface area contributed by atoms with E-state index in [4.69, 9.17) is 9.47 Å². The SMILES string of the molecule is Cc1ccnn1CCC(=O)N[C@@H]1CCOC[C@H]1OCc1cscn1. The van der Waals surface area contributed by atoms with Gasteiger partial charge in [-0.2, -0.15) is 5.10 Å². The van der Waals surface area contributed by atoms with Crippen molar-refractivity contribution >= 4 is 17.2 Å². The van der Waals surface area contributed by atoms with Gasteiger partial charge in [0.05, 0.1) is 30.5 Å². The summed E-state index contributed by atoms with van der Waals surface area (Å²) in [5, 5.41) is 9.23. The summed E-state index contributed by atoms with van der Waals surface area (Å²) < 4.78 is 13.2. The van der Waals surface area contributed by atoms with E-state index in [1.165, 1.54) is 0 Å². The Morgan fingerprint density at radius 3 is 3.25 bits per heavy atom. The first kappa shape index (κ1) is 17.1. The number of amides is 1. The van der Waals surface area contributed by atoms with Crippen LogP contribution in [0, 0.1) is 6.92 Å². The van der Waals surface area contributed by atoms with Crippen LogP contribution in [0.15, 0.2) is 23.2 Å². The Labute approximate surface area is 145 Å². The maximum atomic E-state index is 12.2. The van der Waals surface area contributed by atoms with Crippen LogP contribution in [0.4, 0.5) is 0 Å². The Kier molecular flexibility index (Phi) is 5.95. The summed E-state index contributed by atoms with van der Waals surface area (Å²) >= 11 is 1.54. The summed E-state index contributed by atoms with van der Waals surface area (Å²) in [5.41, 5.74) is 3.75. The van der Waals surface area contributed by atoms with Crippen LogP contribution in [0.3, 0.4) is 0 Å². The number of nitrogens with zero attached hydrogens (tertiary/aromatic N) is 3. The van der Waals surface area contributed by atoms with Gasteiger partial charge in [0.2, 0.25) is 5.91 Å². The van der Waals surface area contributed by atoms with Crippen molar-refractivity contribution in [2.75, 3.05) is 13.2 Å². The Bertz CT molecular complexity index is 644. The standard InChI is InChI=1S/C16H22N4O3S/c1-12-2-5-18-20(12)6-3-16(21)19-14-4-7-22-9-15(14)23-8-13-10-24-11-17-13/h2,5,10-11,14-15H,3-4,6-9H2,1H3,(H,19,21)/t14-,15-/m1/s1. The van der Waals surface area contributed by atoms with Crippen LogP contribution in [0.2, 0.25) is 0 Å². The van der Waals surface area contributed by atoms with E-state index in [1.54, 1.807) is 23.0 Å². The van der Waals surface area contributed by atoms with Gasteiger partial charge in [-0.25, -0.2) is 4.98 Å². The molecular weight excluding hydrogens is 328 g/mol. The van der Waals surface area contributed by atoms with Gasteiger partial charge in [-0.05, 0) is 19.4 Å². The number of carbonyl (C=O) groups is 1. The van der Waals surface area contributed by atoms with Crippen LogP contribution in [0.5, 0.6) is 0 Å². The van der Waals surface area contributed by atoms with Crippen LogP contribution in [-0.2, 0) is 27.4 Å². The molecule has 3 heterocycles. The van der Waals surface area contributed by atoms with Crippen molar-refractivity contribution in [3.63, 3.8) is 0 Å². The number of nitrogens with one attached hydrogen (secondary N) is 1. The minimum atomic E-state index is -0.143. The predicted octanol–water partition coefficient (Wildman–Crippen LogP) is 1.53. The number of hydrogen-bond acceptors (Lipinski definition) is 6. The van der Waals surface area contributed by atoms with Crippen molar-refractivity contribution in [2.45, 2.75) is 45.1 Å². The second kappa shape index (κ2) is 8.36. The van der Waals surface area contributed by atoms with Gasteiger partial charge >= 0.3 is 0 Å². The second-order valence-electron chi connectivity index (χ2n) is 5.81. The summed E-state index contributed by atoms with van der Waals surface area (Å²) in [6.07, 6.45) is 2.76. The molecule has 7 nitrogen and oxygen atoms in total. The molecule has 1 amide bonds. The highest BCUT2D eigenvalue weighted by molar-refractivity contribution is 7.07. The molecule has 0 bridgehead atoms. The average molecular weight is 350 g/mol. The molecule has 8 heteroatoms. The lowest BCUT2D eigenvalue weighted by Gasteiger charge is -2.32. The molecule has 0 saturated carbocycles. The van der Waals surface area contributed by atoms with Gasteiger partial charge in [0.15, 0.2) is 0 Å². The summed E-state index contributed by atoms with van der Waals surface area (Å²) in [4.78, 5) is 16.4. The molecule has 0 unspecified atom stereocenters. The average Bonchev–Trinajstić information content (AvgIpc) is 3.24. The third kappa shape index (κ3) is 4.62. The number of ether oxygens (including phenoxy) is 2. The van der Waals surface area contributed by atoms with E-state index in [0.717, 1.165) is 17.8 Å². The monoisotopic (exact) mass is 350 g/mol. The highest BCUT2D eigenvalue weighted by Crippen LogP contribution is 2.14. The van der Waals surface area contributed by atoms with Gasteiger partial charge in [0.25, 0.3) is 0 Å². The fourth-order valence-electron chi connectivity index (χ4n) is 2.66. The number of carbonyl (C=O) groups excluding carboxylic acids is 1. The summed E-state index contributed by atoms with van der Waals surface area (Å²) in [6, 6.07) is 1.90. The van der Waals surface area contributed by atoms with Crippen molar-refractivity contribution in [1.29, 1.82) is 0 Å². The maximum absolute atomic E-state index is 12.2. The van der Waals surface area contributed by atoms with E-state index >= 15 is 0 Å². The predicted molar refractivity (Wildman–Crippen MR) is 89.6 cm³/mol. The van der Waals surface area contributed by atoms with Gasteiger partial charge in [0.1, 0.15) is 6.10 Å². The van der Waals surface area contributed by atoms with E-state index in [1.807, 2.05) is 23.1 Å². The van der Waals surface area contributed by atoms with E-state index < -0.39 is 0 Å². The van der Waals surface area contributed by atoms with E-state index in [9.17, 15) is 4.79 Å². The molecule has 1 saturated heterocycles. The molecule has 2 aromatic heterocycles. The second-order valence-corrected chi connectivity index (χ2v) is 6.53. The van der Waals surface area contributed by atoms with E-state index in [-0.39, 0.29) is 18.1 Å². The number of aromatic nitrogens is 3. The first-order valence-electron chi connectivity index (χ1n) is 8.06. The highest BCUT2D eigenvalue weighted by Gasteiger charge is 2.28. The molecule has 0 spiro atoms. The Hall–Kier alpha value is -1.77. The smallest absolute Gasteiger partial charge is 0.222 e. The lowest BCUT2D eigenvalue weighted by atomic mass is 10.1. The Morgan fingerprint density at radius 2 is 2.50 bits per heavy atom. The van der Waals surface area contributed by atoms with E-state index in [0.29, 0.717) is 32.8 Å². The summed E-state index contributed by atoms with van der Waals surface area (Å²) in [5.74, 6) is 0.0130. The minimum absolute atomic E-state index is 0.0130. The summed E-state index contributed by atoms with van der Waals surface area (Å²) in [7, 11) is 0. The van der Waals surface area contributed by atoms with Gasteiger partial charge in [-0.3, -0.25) is 9.48 Å². The molecule has 130 valence electrons. The molecule has 1 aliphatic rings. The lowest BCUT2D eigenvalue weighted by molar-refractivity contribution is -0.127. The molecule has 1 N–H and O–H groups in total. The van der Waals surface area contributed by atoms with Crippen LogP contribution >= 0.6 is 11.3 Å². The van der Waals surface area contributed by atoms with Crippen molar-refractivity contribution in [3.8, 4) is 0 Å². The zero-order valence-corrected chi connectivity index (χ0v) is 14.5. The quantitative estimate of drug-likeness (QED) is 0.819. The number of hydrogen-bond donors (Lipinski definition) is 1. The molecule has 3 rings (SSSR count). The van der Waals surface area contributed by atoms with E-state index in [2.05, 4.69) is 15.4 Å². The molecule has 1 fully saturated rings. The Morgan fingerprint density at radius 1 is 1.58 bits per heavy atom. The van der Waals surface area contributed by atoms with Gasteiger partial charge in [-0.1, -0.05) is 0 Å². The van der Waals surface area contributed by atoms with Crippen LogP contribution in [0.25, 0.3) is 0 Å². The molecule has 0 aromatic carbocycles. The molecule has 2 aromatic rings. The summed E-state index contributed by atoms with van der Waals surface area (Å²) in [6.45, 7) is 4.13.